The number of benzene rings is 2. The third-order valence-electron chi connectivity index (χ3n) is 4.14. The zero-order valence-corrected chi connectivity index (χ0v) is 14.5. The molecule has 2 aromatic rings. The van der Waals surface area contributed by atoms with Crippen molar-refractivity contribution in [3.63, 3.8) is 0 Å². The Hall–Kier alpha value is -2.49. The average Bonchev–Trinajstić information content (AvgIpc) is 2.98. The molecule has 0 bridgehead atoms. The second-order valence-corrected chi connectivity index (χ2v) is 6.62. The molecule has 3 rings (SSSR count). The van der Waals surface area contributed by atoms with Gasteiger partial charge in [0, 0.05) is 0 Å². The van der Waals surface area contributed by atoms with E-state index in [2.05, 4.69) is 37.7 Å². The SMILES string of the molecule is CC(C)c1cccc(C(C)C)c1OC(=O)C1N=c2ccccc2=N1. The van der Waals surface area contributed by atoms with E-state index in [1.165, 1.54) is 0 Å². The van der Waals surface area contributed by atoms with E-state index >= 15 is 0 Å². The van der Waals surface area contributed by atoms with Crippen LogP contribution in [-0.4, -0.2) is 12.1 Å². The van der Waals surface area contributed by atoms with Crippen molar-refractivity contribution in [1.29, 1.82) is 0 Å². The summed E-state index contributed by atoms with van der Waals surface area (Å²) < 4.78 is 5.79. The fraction of sp³-hybridized carbons (Fsp3) is 0.350. The van der Waals surface area contributed by atoms with Gasteiger partial charge < -0.3 is 4.74 Å². The van der Waals surface area contributed by atoms with Gasteiger partial charge in [0.25, 0.3) is 0 Å². The minimum atomic E-state index is -0.817. The molecule has 0 saturated carbocycles. The van der Waals surface area contributed by atoms with Crippen molar-refractivity contribution < 1.29 is 9.53 Å². The first-order valence-electron chi connectivity index (χ1n) is 8.32. The molecule has 0 unspecified atom stereocenters. The van der Waals surface area contributed by atoms with Crippen LogP contribution in [0, 0.1) is 0 Å². The third-order valence-corrected chi connectivity index (χ3v) is 4.14. The van der Waals surface area contributed by atoms with E-state index in [0.29, 0.717) is 5.75 Å². The Morgan fingerprint density at radius 2 is 1.38 bits per heavy atom. The van der Waals surface area contributed by atoms with Gasteiger partial charge in [-0.15, -0.1) is 0 Å². The number of carbonyl (C=O) groups excluding carboxylic acids is 1. The predicted octanol–water partition coefficient (Wildman–Crippen LogP) is 3.12. The number of ether oxygens (including phenoxy) is 1. The van der Waals surface area contributed by atoms with Gasteiger partial charge in [0.05, 0.1) is 10.7 Å². The van der Waals surface area contributed by atoms with Gasteiger partial charge in [-0.3, -0.25) is 0 Å². The number of fused-ring (bicyclic) bond motifs is 1. The zero-order valence-electron chi connectivity index (χ0n) is 14.5. The average molecular weight is 322 g/mol. The van der Waals surface area contributed by atoms with Crippen LogP contribution in [-0.2, 0) is 4.79 Å². The summed E-state index contributed by atoms with van der Waals surface area (Å²) in [5, 5.41) is 1.47. The van der Waals surface area contributed by atoms with Gasteiger partial charge in [-0.2, -0.15) is 0 Å². The van der Waals surface area contributed by atoms with Crippen LogP contribution < -0.4 is 15.5 Å². The molecule has 0 aliphatic carbocycles. The highest BCUT2D eigenvalue weighted by Crippen LogP contribution is 2.34. The Bertz CT molecular complexity index is 824. The van der Waals surface area contributed by atoms with Gasteiger partial charge in [0.15, 0.2) is 0 Å². The van der Waals surface area contributed by atoms with E-state index in [4.69, 9.17) is 4.74 Å². The number of para-hydroxylation sites is 3. The van der Waals surface area contributed by atoms with Crippen LogP contribution in [0.25, 0.3) is 0 Å². The number of esters is 1. The van der Waals surface area contributed by atoms with Gasteiger partial charge in [0.2, 0.25) is 6.17 Å². The maximum Gasteiger partial charge on any atom is 0.358 e. The Morgan fingerprint density at radius 3 is 1.83 bits per heavy atom. The third kappa shape index (κ3) is 3.09. The van der Waals surface area contributed by atoms with Crippen LogP contribution in [0.1, 0.15) is 50.7 Å². The lowest BCUT2D eigenvalue weighted by Crippen LogP contribution is -2.23. The van der Waals surface area contributed by atoms with Crippen molar-refractivity contribution in [1.82, 2.24) is 0 Å². The molecular formula is C20H22N2O2. The highest BCUT2D eigenvalue weighted by molar-refractivity contribution is 5.79. The largest absolute Gasteiger partial charge is 0.423 e. The second kappa shape index (κ2) is 6.56. The van der Waals surface area contributed by atoms with Crippen molar-refractivity contribution in [3.8, 4) is 5.75 Å². The summed E-state index contributed by atoms with van der Waals surface area (Å²) in [4.78, 5) is 21.3. The molecule has 0 N–H and O–H groups in total. The molecule has 0 spiro atoms. The molecule has 0 atom stereocenters. The summed E-state index contributed by atoms with van der Waals surface area (Å²) in [7, 11) is 0. The van der Waals surface area contributed by atoms with Crippen molar-refractivity contribution in [2.45, 2.75) is 45.7 Å². The molecule has 24 heavy (non-hydrogen) atoms. The van der Waals surface area contributed by atoms with Gasteiger partial charge in [-0.1, -0.05) is 58.0 Å². The lowest BCUT2D eigenvalue weighted by Gasteiger charge is -2.19. The molecule has 2 aromatic carbocycles. The molecule has 0 amide bonds. The molecular weight excluding hydrogens is 300 g/mol. The summed E-state index contributed by atoms with van der Waals surface area (Å²) in [6.45, 7) is 8.38. The smallest absolute Gasteiger partial charge is 0.358 e. The first kappa shape index (κ1) is 16.4. The molecule has 124 valence electrons. The van der Waals surface area contributed by atoms with E-state index in [0.717, 1.165) is 21.8 Å². The quantitative estimate of drug-likeness (QED) is 0.641. The monoisotopic (exact) mass is 322 g/mol. The number of hydrogen-bond donors (Lipinski definition) is 0. The summed E-state index contributed by atoms with van der Waals surface area (Å²) in [6.07, 6.45) is -0.817. The number of nitrogens with zero attached hydrogens (tertiary/aromatic N) is 2. The fourth-order valence-corrected chi connectivity index (χ4v) is 2.83. The molecule has 1 aliphatic heterocycles. The number of carbonyl (C=O) groups is 1. The lowest BCUT2D eigenvalue weighted by molar-refractivity contribution is -0.135. The molecule has 1 heterocycles. The predicted molar refractivity (Wildman–Crippen MR) is 92.8 cm³/mol. The number of hydrogen-bond acceptors (Lipinski definition) is 4. The Kier molecular flexibility index (Phi) is 4.47. The van der Waals surface area contributed by atoms with E-state index in [9.17, 15) is 4.79 Å². The minimum Gasteiger partial charge on any atom is -0.423 e. The maximum absolute atomic E-state index is 12.6. The normalized spacial score (nSPS) is 13.6. The standard InChI is InChI=1S/C20H22N2O2/c1-12(2)14-8-7-9-15(13(3)4)18(14)24-20(23)19-21-16-10-5-6-11-17(16)22-19/h5-13,19H,1-4H3. The molecule has 0 aromatic heterocycles. The highest BCUT2D eigenvalue weighted by Gasteiger charge is 2.25. The van der Waals surface area contributed by atoms with E-state index < -0.39 is 12.1 Å². The van der Waals surface area contributed by atoms with Gasteiger partial charge >= 0.3 is 5.97 Å². The first-order chi connectivity index (χ1) is 11.5. The van der Waals surface area contributed by atoms with Crippen molar-refractivity contribution >= 4 is 5.97 Å². The summed E-state index contributed by atoms with van der Waals surface area (Å²) in [6, 6.07) is 13.5. The Morgan fingerprint density at radius 1 is 0.875 bits per heavy atom. The van der Waals surface area contributed by atoms with Crippen LogP contribution in [0.3, 0.4) is 0 Å². The van der Waals surface area contributed by atoms with Gasteiger partial charge in [-0.05, 0) is 35.1 Å². The minimum absolute atomic E-state index is 0.265. The first-order valence-corrected chi connectivity index (χ1v) is 8.32. The lowest BCUT2D eigenvalue weighted by atomic mass is 9.94. The van der Waals surface area contributed by atoms with Crippen molar-refractivity contribution in [2.75, 3.05) is 0 Å². The van der Waals surface area contributed by atoms with Gasteiger partial charge in [-0.25, -0.2) is 14.8 Å². The topological polar surface area (TPSA) is 51.0 Å². The highest BCUT2D eigenvalue weighted by atomic mass is 16.5. The Balaban J connectivity index is 1.94. The molecule has 0 fully saturated rings. The summed E-state index contributed by atoms with van der Waals surface area (Å²) in [5.74, 6) is 0.761. The van der Waals surface area contributed by atoms with Crippen LogP contribution >= 0.6 is 0 Å². The van der Waals surface area contributed by atoms with Crippen LogP contribution in [0.2, 0.25) is 0 Å². The van der Waals surface area contributed by atoms with E-state index in [1.54, 1.807) is 0 Å². The molecule has 4 nitrogen and oxygen atoms in total. The summed E-state index contributed by atoms with van der Waals surface area (Å²) >= 11 is 0. The van der Waals surface area contributed by atoms with Gasteiger partial charge in [0.1, 0.15) is 5.75 Å². The van der Waals surface area contributed by atoms with Crippen LogP contribution in [0.5, 0.6) is 5.75 Å². The second-order valence-electron chi connectivity index (χ2n) is 6.62. The molecule has 4 heteroatoms. The van der Waals surface area contributed by atoms with E-state index in [-0.39, 0.29) is 11.8 Å². The molecule has 1 aliphatic rings. The van der Waals surface area contributed by atoms with Crippen molar-refractivity contribution in [3.05, 3.63) is 64.3 Å². The number of rotatable bonds is 4. The maximum atomic E-state index is 12.6. The Labute approximate surface area is 141 Å². The van der Waals surface area contributed by atoms with Crippen LogP contribution in [0.4, 0.5) is 0 Å². The zero-order chi connectivity index (χ0) is 17.3. The van der Waals surface area contributed by atoms with Crippen LogP contribution in [0.15, 0.2) is 52.4 Å². The summed E-state index contributed by atoms with van der Waals surface area (Å²) in [5.41, 5.74) is 2.06. The fourth-order valence-electron chi connectivity index (χ4n) is 2.83. The molecule has 0 saturated heterocycles. The van der Waals surface area contributed by atoms with Crippen molar-refractivity contribution in [2.24, 2.45) is 9.98 Å². The molecule has 0 radical (unpaired) electrons. The van der Waals surface area contributed by atoms with E-state index in [1.807, 2.05) is 42.5 Å².